The first-order valence-corrected chi connectivity index (χ1v) is 5.88. The van der Waals surface area contributed by atoms with Gasteiger partial charge in [0.05, 0.1) is 28.2 Å². The summed E-state index contributed by atoms with van der Waals surface area (Å²) in [6, 6.07) is 3.11. The molecule has 0 saturated carbocycles. The molecule has 8 heteroatoms. The minimum atomic E-state index is -2.00. The molecule has 0 fully saturated rings. The third-order valence-corrected chi connectivity index (χ3v) is 2.97. The monoisotopic (exact) mass is 300 g/mol. The molecule has 0 spiro atoms. The van der Waals surface area contributed by atoms with Crippen molar-refractivity contribution in [3.05, 3.63) is 38.7 Å². The second kappa shape index (κ2) is 5.84. The Morgan fingerprint density at radius 3 is 2.70 bits per heavy atom. The lowest BCUT2D eigenvalue weighted by Crippen LogP contribution is -2.33. The molecular weight excluding hydrogens is 291 g/mol. The molecule has 0 aromatic heterocycles. The smallest absolute Gasteiger partial charge is 0.331 e. The van der Waals surface area contributed by atoms with Gasteiger partial charge in [-0.05, 0) is 19.9 Å². The summed E-state index contributed by atoms with van der Waals surface area (Å²) in [4.78, 5) is 22.0. The van der Waals surface area contributed by atoms with E-state index in [1.807, 2.05) is 0 Å². The molecular formula is C12H10ClFN2O4. The van der Waals surface area contributed by atoms with Crippen molar-refractivity contribution in [2.24, 2.45) is 0 Å². The average Bonchev–Trinajstić information content (AvgIpc) is 2.40. The van der Waals surface area contributed by atoms with Gasteiger partial charge in [-0.2, -0.15) is 5.26 Å². The summed E-state index contributed by atoms with van der Waals surface area (Å²) >= 11 is 5.49. The molecule has 106 valence electrons. The first kappa shape index (κ1) is 15.9. The number of nitriles is 1. The van der Waals surface area contributed by atoms with E-state index in [4.69, 9.17) is 16.3 Å². The van der Waals surface area contributed by atoms with Crippen LogP contribution in [0.4, 0.5) is 10.1 Å². The number of hydrogen-bond donors (Lipinski definition) is 0. The molecule has 0 saturated heterocycles. The SMILES string of the molecule is CCOC(=O)C(C)(C#N)c1cc(F)c(Cl)cc1[N+](=O)[O-]. The molecule has 0 aliphatic carbocycles. The van der Waals surface area contributed by atoms with Crippen LogP contribution in [0.1, 0.15) is 19.4 Å². The topological polar surface area (TPSA) is 93.2 Å². The number of nitro benzene ring substituents is 1. The van der Waals surface area contributed by atoms with Crippen molar-refractivity contribution < 1.29 is 18.8 Å². The van der Waals surface area contributed by atoms with Crippen LogP contribution in [0.2, 0.25) is 5.02 Å². The fourth-order valence-corrected chi connectivity index (χ4v) is 1.74. The number of hydrogen-bond acceptors (Lipinski definition) is 5. The molecule has 1 aromatic carbocycles. The zero-order chi connectivity index (χ0) is 15.5. The number of rotatable bonds is 4. The normalized spacial score (nSPS) is 13.2. The molecule has 1 aromatic rings. The van der Waals surface area contributed by atoms with Crippen molar-refractivity contribution in [1.82, 2.24) is 0 Å². The minimum Gasteiger partial charge on any atom is -0.465 e. The second-order valence-corrected chi connectivity index (χ2v) is 4.41. The number of esters is 1. The van der Waals surface area contributed by atoms with Gasteiger partial charge in [-0.15, -0.1) is 0 Å². The van der Waals surface area contributed by atoms with E-state index in [1.165, 1.54) is 6.92 Å². The highest BCUT2D eigenvalue weighted by atomic mass is 35.5. The summed E-state index contributed by atoms with van der Waals surface area (Å²) in [7, 11) is 0. The lowest BCUT2D eigenvalue weighted by Gasteiger charge is -2.20. The van der Waals surface area contributed by atoms with Gasteiger partial charge < -0.3 is 4.74 Å². The van der Waals surface area contributed by atoms with Gasteiger partial charge >= 0.3 is 5.97 Å². The van der Waals surface area contributed by atoms with Gasteiger partial charge in [0.25, 0.3) is 5.69 Å². The molecule has 1 rings (SSSR count). The molecule has 1 atom stereocenters. The fourth-order valence-electron chi connectivity index (χ4n) is 1.58. The van der Waals surface area contributed by atoms with Crippen LogP contribution in [0, 0.1) is 27.3 Å². The minimum absolute atomic E-state index is 0.0139. The Balaban J connectivity index is 3.58. The lowest BCUT2D eigenvalue weighted by atomic mass is 9.83. The first-order chi connectivity index (χ1) is 9.27. The molecule has 0 aliphatic rings. The van der Waals surface area contributed by atoms with Gasteiger partial charge in [0, 0.05) is 6.07 Å². The van der Waals surface area contributed by atoms with Gasteiger partial charge in [-0.3, -0.25) is 10.1 Å². The van der Waals surface area contributed by atoms with E-state index in [2.05, 4.69) is 0 Å². The Morgan fingerprint density at radius 2 is 2.25 bits per heavy atom. The molecule has 0 bridgehead atoms. The van der Waals surface area contributed by atoms with E-state index in [-0.39, 0.29) is 6.61 Å². The molecule has 1 unspecified atom stereocenters. The summed E-state index contributed by atoms with van der Waals surface area (Å²) in [5.41, 5.74) is -3.01. The van der Waals surface area contributed by atoms with Crippen LogP contribution in [0.5, 0.6) is 0 Å². The quantitative estimate of drug-likeness (QED) is 0.484. The number of ether oxygens (including phenoxy) is 1. The van der Waals surface area contributed by atoms with Gasteiger partial charge in [0.15, 0.2) is 5.41 Å². The van der Waals surface area contributed by atoms with Gasteiger partial charge in [0.1, 0.15) is 5.82 Å². The molecule has 0 radical (unpaired) electrons. The highest BCUT2D eigenvalue weighted by molar-refractivity contribution is 6.31. The molecule has 0 aliphatic heterocycles. The van der Waals surface area contributed by atoms with Crippen molar-refractivity contribution >= 4 is 23.3 Å². The largest absolute Gasteiger partial charge is 0.465 e. The molecule has 0 heterocycles. The molecule has 20 heavy (non-hydrogen) atoms. The highest BCUT2D eigenvalue weighted by Gasteiger charge is 2.43. The fraction of sp³-hybridized carbons (Fsp3) is 0.333. The van der Waals surface area contributed by atoms with Crippen molar-refractivity contribution in [2.75, 3.05) is 6.61 Å². The van der Waals surface area contributed by atoms with E-state index in [1.54, 1.807) is 6.07 Å². The van der Waals surface area contributed by atoms with E-state index in [9.17, 15) is 24.6 Å². The Kier molecular flexibility index (Phi) is 4.63. The maximum atomic E-state index is 13.5. The highest BCUT2D eigenvalue weighted by Crippen LogP contribution is 2.35. The van der Waals surface area contributed by atoms with Crippen LogP contribution >= 0.6 is 11.6 Å². The number of benzene rings is 1. The van der Waals surface area contributed by atoms with Crippen LogP contribution in [0.25, 0.3) is 0 Å². The predicted octanol–water partition coefficient (Wildman–Crippen LogP) is 2.73. The van der Waals surface area contributed by atoms with Gasteiger partial charge in [0.2, 0.25) is 0 Å². The number of nitro groups is 1. The maximum absolute atomic E-state index is 13.5. The van der Waals surface area contributed by atoms with Crippen molar-refractivity contribution in [1.29, 1.82) is 5.26 Å². The zero-order valence-corrected chi connectivity index (χ0v) is 11.4. The van der Waals surface area contributed by atoms with Crippen molar-refractivity contribution in [3.8, 4) is 6.07 Å². The van der Waals surface area contributed by atoms with Crippen molar-refractivity contribution in [3.63, 3.8) is 0 Å². The Labute approximate surface area is 118 Å². The number of halogens is 2. The Hall–Kier alpha value is -2.20. The van der Waals surface area contributed by atoms with E-state index in [0.29, 0.717) is 6.07 Å². The Bertz CT molecular complexity index is 614. The summed E-state index contributed by atoms with van der Waals surface area (Å²) in [6.07, 6.45) is 0. The average molecular weight is 301 g/mol. The summed E-state index contributed by atoms with van der Waals surface area (Å²) < 4.78 is 18.2. The standard InChI is InChI=1S/C12H10ClFN2O4/c1-3-20-11(17)12(2,6-15)7-4-9(14)8(13)5-10(7)16(18)19/h4-5H,3H2,1-2H3. The lowest BCUT2D eigenvalue weighted by molar-refractivity contribution is -0.385. The summed E-state index contributed by atoms with van der Waals surface area (Å²) in [5.74, 6) is -1.95. The number of carbonyl (C=O) groups is 1. The van der Waals surface area contributed by atoms with E-state index in [0.717, 1.165) is 13.0 Å². The second-order valence-electron chi connectivity index (χ2n) is 4.00. The van der Waals surface area contributed by atoms with Crippen LogP contribution in [0.3, 0.4) is 0 Å². The summed E-state index contributed by atoms with van der Waals surface area (Å²) in [6.45, 7) is 2.63. The first-order valence-electron chi connectivity index (χ1n) is 5.50. The zero-order valence-electron chi connectivity index (χ0n) is 10.6. The van der Waals surface area contributed by atoms with Gasteiger partial charge in [-0.25, -0.2) is 9.18 Å². The van der Waals surface area contributed by atoms with Crippen LogP contribution in [-0.4, -0.2) is 17.5 Å². The third-order valence-electron chi connectivity index (χ3n) is 2.68. The number of nitrogens with zero attached hydrogens (tertiary/aromatic N) is 2. The predicted molar refractivity (Wildman–Crippen MR) is 67.7 cm³/mol. The molecule has 0 N–H and O–H groups in total. The maximum Gasteiger partial charge on any atom is 0.331 e. The van der Waals surface area contributed by atoms with Crippen LogP contribution < -0.4 is 0 Å². The Morgan fingerprint density at radius 1 is 1.65 bits per heavy atom. The van der Waals surface area contributed by atoms with E-state index >= 15 is 0 Å². The van der Waals surface area contributed by atoms with Crippen LogP contribution in [-0.2, 0) is 14.9 Å². The third kappa shape index (κ3) is 2.70. The van der Waals surface area contributed by atoms with Crippen LogP contribution in [0.15, 0.2) is 12.1 Å². The number of carbonyl (C=O) groups excluding carboxylic acids is 1. The molecule has 0 amide bonds. The van der Waals surface area contributed by atoms with Gasteiger partial charge in [-0.1, -0.05) is 11.6 Å². The molecule has 6 nitrogen and oxygen atoms in total. The van der Waals surface area contributed by atoms with E-state index < -0.39 is 38.4 Å². The summed E-state index contributed by atoms with van der Waals surface area (Å²) in [5, 5.41) is 19.7. The van der Waals surface area contributed by atoms with Crippen molar-refractivity contribution in [2.45, 2.75) is 19.3 Å².